The molecular weight excluding hydrogens is 182 g/mol. The quantitative estimate of drug-likeness (QED) is 0.745. The second kappa shape index (κ2) is 5.32. The predicted octanol–water partition coefficient (Wildman–Crippen LogP) is 3.07. The summed E-state index contributed by atoms with van der Waals surface area (Å²) < 4.78 is 0. The van der Waals surface area contributed by atoms with E-state index in [0.29, 0.717) is 0 Å². The normalized spacial score (nSPS) is 10.7. The summed E-state index contributed by atoms with van der Waals surface area (Å²) in [6.07, 6.45) is 2.42. The zero-order valence-electron chi connectivity index (χ0n) is 10.7. The molecule has 1 rings (SSSR count). The molecular formula is C14H23N. The summed E-state index contributed by atoms with van der Waals surface area (Å²) in [6, 6.07) is 2.30. The number of hydrogen-bond donors (Lipinski definition) is 1. The van der Waals surface area contributed by atoms with Gasteiger partial charge < -0.3 is 5.32 Å². The van der Waals surface area contributed by atoms with E-state index in [1.165, 1.54) is 35.1 Å². The van der Waals surface area contributed by atoms with Crippen molar-refractivity contribution in [1.82, 2.24) is 5.32 Å². The Labute approximate surface area is 93.9 Å². The number of rotatable bonds is 4. The van der Waals surface area contributed by atoms with Crippen molar-refractivity contribution < 1.29 is 0 Å². The predicted molar refractivity (Wildman–Crippen MR) is 67.6 cm³/mol. The highest BCUT2D eigenvalue weighted by Gasteiger charge is 2.07. The van der Waals surface area contributed by atoms with E-state index in [-0.39, 0.29) is 0 Å². The lowest BCUT2D eigenvalue weighted by atomic mass is 9.91. The van der Waals surface area contributed by atoms with Gasteiger partial charge in [-0.25, -0.2) is 0 Å². The maximum absolute atomic E-state index is 3.21. The fourth-order valence-corrected chi connectivity index (χ4v) is 2.12. The van der Waals surface area contributed by atoms with Crippen molar-refractivity contribution >= 4 is 0 Å². The molecule has 1 aromatic carbocycles. The summed E-state index contributed by atoms with van der Waals surface area (Å²) in [5.74, 6) is 0. The van der Waals surface area contributed by atoms with E-state index in [9.17, 15) is 0 Å². The lowest BCUT2D eigenvalue weighted by Gasteiger charge is -2.15. The van der Waals surface area contributed by atoms with E-state index < -0.39 is 0 Å². The Morgan fingerprint density at radius 3 is 2.00 bits per heavy atom. The van der Waals surface area contributed by atoms with E-state index >= 15 is 0 Å². The molecule has 0 aliphatic heterocycles. The van der Waals surface area contributed by atoms with E-state index in [1.54, 1.807) is 5.56 Å². The fourth-order valence-electron chi connectivity index (χ4n) is 2.12. The molecule has 84 valence electrons. The minimum atomic E-state index is 1.10. The average Bonchev–Trinajstić information content (AvgIpc) is 2.20. The van der Waals surface area contributed by atoms with Gasteiger partial charge in [0.05, 0.1) is 0 Å². The van der Waals surface area contributed by atoms with Crippen LogP contribution in [0, 0.1) is 27.7 Å². The highest BCUT2D eigenvalue weighted by molar-refractivity contribution is 5.43. The monoisotopic (exact) mass is 205 g/mol. The van der Waals surface area contributed by atoms with Gasteiger partial charge in [0.2, 0.25) is 0 Å². The minimum absolute atomic E-state index is 1.10. The Morgan fingerprint density at radius 2 is 1.53 bits per heavy atom. The molecule has 0 fully saturated rings. The van der Waals surface area contributed by atoms with Gasteiger partial charge in [-0.2, -0.15) is 0 Å². The minimum Gasteiger partial charge on any atom is -0.320 e. The summed E-state index contributed by atoms with van der Waals surface area (Å²) in [5.41, 5.74) is 7.38. The lowest BCUT2D eigenvalue weighted by molar-refractivity contribution is 0.720. The highest BCUT2D eigenvalue weighted by Crippen LogP contribution is 2.22. The van der Waals surface area contributed by atoms with Crippen LogP contribution in [0.1, 0.15) is 34.2 Å². The summed E-state index contributed by atoms with van der Waals surface area (Å²) in [6.45, 7) is 10.0. The van der Waals surface area contributed by atoms with Crippen molar-refractivity contribution in [2.75, 3.05) is 13.6 Å². The third-order valence-electron chi connectivity index (χ3n) is 3.37. The zero-order chi connectivity index (χ0) is 11.4. The number of hydrogen-bond acceptors (Lipinski definition) is 1. The smallest absolute Gasteiger partial charge is 0.00487 e. The molecule has 1 nitrogen and oxygen atoms in total. The molecule has 0 amide bonds. The lowest BCUT2D eigenvalue weighted by Crippen LogP contribution is -2.09. The molecule has 0 aromatic heterocycles. The van der Waals surface area contributed by atoms with Crippen LogP contribution in [0.4, 0.5) is 0 Å². The summed E-state index contributed by atoms with van der Waals surface area (Å²) in [7, 11) is 2.02. The van der Waals surface area contributed by atoms with Gasteiger partial charge in [-0.05, 0) is 81.9 Å². The molecule has 0 spiro atoms. The molecule has 1 aromatic rings. The summed E-state index contributed by atoms with van der Waals surface area (Å²) in [4.78, 5) is 0. The number of nitrogens with one attached hydrogen (secondary N) is 1. The molecule has 0 aliphatic rings. The van der Waals surface area contributed by atoms with E-state index in [2.05, 4.69) is 39.1 Å². The molecule has 0 heterocycles. The van der Waals surface area contributed by atoms with Crippen LogP contribution in [0.5, 0.6) is 0 Å². The van der Waals surface area contributed by atoms with Crippen molar-refractivity contribution in [3.8, 4) is 0 Å². The van der Waals surface area contributed by atoms with E-state index in [1.807, 2.05) is 7.05 Å². The van der Waals surface area contributed by atoms with Crippen LogP contribution in [0.2, 0.25) is 0 Å². The maximum atomic E-state index is 3.21. The van der Waals surface area contributed by atoms with Gasteiger partial charge in [0.25, 0.3) is 0 Å². The molecule has 0 saturated carbocycles. The first kappa shape index (κ1) is 12.3. The Balaban J connectivity index is 2.94. The molecule has 0 atom stereocenters. The SMILES string of the molecule is CNCCCc1c(C)c(C)cc(C)c1C. The standard InChI is InChI=1S/C14H23N/c1-10-9-11(2)13(4)14(12(10)3)7-6-8-15-5/h9,15H,6-8H2,1-5H3. The first-order valence-corrected chi connectivity index (χ1v) is 5.78. The largest absolute Gasteiger partial charge is 0.320 e. The molecule has 0 radical (unpaired) electrons. The van der Waals surface area contributed by atoms with Gasteiger partial charge in [-0.3, -0.25) is 0 Å². The first-order valence-electron chi connectivity index (χ1n) is 5.78. The van der Waals surface area contributed by atoms with Crippen LogP contribution in [-0.2, 0) is 6.42 Å². The molecule has 0 aliphatic carbocycles. The van der Waals surface area contributed by atoms with Gasteiger partial charge in [0.1, 0.15) is 0 Å². The van der Waals surface area contributed by atoms with Gasteiger partial charge in [-0.15, -0.1) is 0 Å². The van der Waals surface area contributed by atoms with Gasteiger partial charge >= 0.3 is 0 Å². The van der Waals surface area contributed by atoms with Crippen molar-refractivity contribution in [3.05, 3.63) is 33.9 Å². The van der Waals surface area contributed by atoms with Gasteiger partial charge in [0, 0.05) is 0 Å². The number of benzene rings is 1. The van der Waals surface area contributed by atoms with Crippen LogP contribution in [-0.4, -0.2) is 13.6 Å². The van der Waals surface area contributed by atoms with E-state index in [4.69, 9.17) is 0 Å². The molecule has 0 unspecified atom stereocenters. The average molecular weight is 205 g/mol. The first-order chi connectivity index (χ1) is 7.07. The molecule has 0 bridgehead atoms. The van der Waals surface area contributed by atoms with Crippen LogP contribution in [0.15, 0.2) is 6.07 Å². The Bertz CT molecular complexity index is 313. The van der Waals surface area contributed by atoms with Crippen LogP contribution in [0.3, 0.4) is 0 Å². The second-order valence-corrected chi connectivity index (χ2v) is 4.45. The van der Waals surface area contributed by atoms with Crippen molar-refractivity contribution in [3.63, 3.8) is 0 Å². The Hall–Kier alpha value is -0.820. The zero-order valence-corrected chi connectivity index (χ0v) is 10.7. The van der Waals surface area contributed by atoms with Gasteiger partial charge in [-0.1, -0.05) is 6.07 Å². The fraction of sp³-hybridized carbons (Fsp3) is 0.571. The summed E-state index contributed by atoms with van der Waals surface area (Å²) >= 11 is 0. The van der Waals surface area contributed by atoms with Crippen LogP contribution < -0.4 is 5.32 Å². The highest BCUT2D eigenvalue weighted by atomic mass is 14.8. The third-order valence-corrected chi connectivity index (χ3v) is 3.37. The van der Waals surface area contributed by atoms with Gasteiger partial charge in [0.15, 0.2) is 0 Å². The second-order valence-electron chi connectivity index (χ2n) is 4.45. The molecule has 15 heavy (non-hydrogen) atoms. The topological polar surface area (TPSA) is 12.0 Å². The van der Waals surface area contributed by atoms with Crippen molar-refractivity contribution in [2.45, 2.75) is 40.5 Å². The Kier molecular flexibility index (Phi) is 4.34. The summed E-state index contributed by atoms with van der Waals surface area (Å²) in [5, 5.41) is 3.21. The van der Waals surface area contributed by atoms with Crippen molar-refractivity contribution in [1.29, 1.82) is 0 Å². The molecule has 0 saturated heterocycles. The number of aryl methyl sites for hydroxylation is 2. The van der Waals surface area contributed by atoms with Crippen LogP contribution in [0.25, 0.3) is 0 Å². The van der Waals surface area contributed by atoms with Crippen LogP contribution >= 0.6 is 0 Å². The molecule has 1 heteroatoms. The van der Waals surface area contributed by atoms with Crippen molar-refractivity contribution in [2.24, 2.45) is 0 Å². The molecule has 1 N–H and O–H groups in total. The maximum Gasteiger partial charge on any atom is -0.00487 e. The van der Waals surface area contributed by atoms with E-state index in [0.717, 1.165) is 6.54 Å². The Morgan fingerprint density at radius 1 is 1.00 bits per heavy atom. The third kappa shape index (κ3) is 2.82.